The first-order chi connectivity index (χ1) is 11.6. The SMILES string of the molecule is Cc1ccccc1-c1cccc(NC(=O)NCC2(O)CCNC2)c1. The highest BCUT2D eigenvalue weighted by Gasteiger charge is 2.31. The maximum atomic E-state index is 12.1. The van der Waals surface area contributed by atoms with Crippen LogP contribution in [0.1, 0.15) is 12.0 Å². The number of aliphatic hydroxyl groups is 1. The molecule has 5 nitrogen and oxygen atoms in total. The fraction of sp³-hybridized carbons (Fsp3) is 0.316. The minimum Gasteiger partial charge on any atom is -0.387 e. The number of hydrogen-bond acceptors (Lipinski definition) is 3. The number of urea groups is 1. The molecule has 1 aliphatic heterocycles. The van der Waals surface area contributed by atoms with Crippen molar-refractivity contribution >= 4 is 11.7 Å². The molecule has 1 aliphatic rings. The van der Waals surface area contributed by atoms with Crippen LogP contribution in [0.25, 0.3) is 11.1 Å². The molecule has 2 aromatic rings. The smallest absolute Gasteiger partial charge is 0.319 e. The Morgan fingerprint density at radius 3 is 2.83 bits per heavy atom. The van der Waals surface area contributed by atoms with Gasteiger partial charge < -0.3 is 21.1 Å². The number of rotatable bonds is 4. The molecule has 4 N–H and O–H groups in total. The molecule has 1 atom stereocenters. The van der Waals surface area contributed by atoms with Gasteiger partial charge in [-0.05, 0) is 48.7 Å². The Kier molecular flexibility index (Phi) is 4.83. The highest BCUT2D eigenvalue weighted by atomic mass is 16.3. The zero-order chi connectivity index (χ0) is 17.0. The Labute approximate surface area is 142 Å². The molecular weight excluding hydrogens is 302 g/mol. The van der Waals surface area contributed by atoms with Crippen molar-refractivity contribution in [3.05, 3.63) is 54.1 Å². The predicted molar refractivity (Wildman–Crippen MR) is 96.1 cm³/mol. The molecule has 1 heterocycles. The van der Waals surface area contributed by atoms with Gasteiger partial charge in [-0.1, -0.05) is 36.4 Å². The van der Waals surface area contributed by atoms with Gasteiger partial charge in [0, 0.05) is 18.8 Å². The van der Waals surface area contributed by atoms with Gasteiger partial charge in [-0.25, -0.2) is 4.79 Å². The van der Waals surface area contributed by atoms with E-state index in [0.717, 1.165) is 23.4 Å². The number of hydrogen-bond donors (Lipinski definition) is 4. The number of nitrogens with one attached hydrogen (secondary N) is 3. The summed E-state index contributed by atoms with van der Waals surface area (Å²) in [7, 11) is 0. The molecule has 24 heavy (non-hydrogen) atoms. The van der Waals surface area contributed by atoms with E-state index < -0.39 is 5.60 Å². The van der Waals surface area contributed by atoms with Crippen LogP contribution in [0.2, 0.25) is 0 Å². The topological polar surface area (TPSA) is 73.4 Å². The summed E-state index contributed by atoms with van der Waals surface area (Å²) in [6, 6.07) is 15.6. The molecule has 0 radical (unpaired) electrons. The first-order valence-corrected chi connectivity index (χ1v) is 8.20. The summed E-state index contributed by atoms with van der Waals surface area (Å²) in [5, 5.41) is 18.9. The molecule has 0 spiro atoms. The Hall–Kier alpha value is -2.37. The van der Waals surface area contributed by atoms with Crippen LogP contribution in [0.15, 0.2) is 48.5 Å². The van der Waals surface area contributed by atoms with Crippen molar-refractivity contribution in [2.24, 2.45) is 0 Å². The summed E-state index contributed by atoms with van der Waals surface area (Å²) in [5.74, 6) is 0. The zero-order valence-electron chi connectivity index (χ0n) is 13.8. The number of carbonyl (C=O) groups excluding carboxylic acids is 1. The molecule has 3 rings (SSSR count). The Morgan fingerprint density at radius 1 is 1.25 bits per heavy atom. The number of aryl methyl sites for hydroxylation is 1. The van der Waals surface area contributed by atoms with Crippen molar-refractivity contribution in [3.63, 3.8) is 0 Å². The Balaban J connectivity index is 1.64. The van der Waals surface area contributed by atoms with E-state index in [9.17, 15) is 9.90 Å². The third-order valence-electron chi connectivity index (χ3n) is 4.38. The normalized spacial score (nSPS) is 19.9. The van der Waals surface area contributed by atoms with Gasteiger partial charge in [0.05, 0.1) is 5.60 Å². The summed E-state index contributed by atoms with van der Waals surface area (Å²) in [6.07, 6.45) is 0.649. The van der Waals surface area contributed by atoms with E-state index in [-0.39, 0.29) is 12.6 Å². The fourth-order valence-electron chi connectivity index (χ4n) is 2.96. The minimum atomic E-state index is -0.847. The molecule has 0 saturated carbocycles. The van der Waals surface area contributed by atoms with Crippen molar-refractivity contribution in [2.45, 2.75) is 18.9 Å². The van der Waals surface area contributed by atoms with E-state index in [1.54, 1.807) is 0 Å². The summed E-state index contributed by atoms with van der Waals surface area (Å²) in [5.41, 5.74) is 3.28. The molecule has 1 unspecified atom stereocenters. The van der Waals surface area contributed by atoms with Crippen molar-refractivity contribution in [2.75, 3.05) is 25.0 Å². The molecule has 0 bridgehead atoms. The van der Waals surface area contributed by atoms with E-state index in [1.165, 1.54) is 5.56 Å². The van der Waals surface area contributed by atoms with E-state index in [0.29, 0.717) is 13.0 Å². The van der Waals surface area contributed by atoms with Gasteiger partial charge in [-0.15, -0.1) is 0 Å². The number of β-amino-alcohol motifs (C(OH)–C–C–N with tert-alkyl or cyclic N) is 1. The first kappa shape index (κ1) is 16.5. The first-order valence-electron chi connectivity index (χ1n) is 8.20. The van der Waals surface area contributed by atoms with Crippen LogP contribution in [0.4, 0.5) is 10.5 Å². The van der Waals surface area contributed by atoms with Crippen LogP contribution in [-0.4, -0.2) is 36.4 Å². The van der Waals surface area contributed by atoms with Crippen LogP contribution < -0.4 is 16.0 Å². The Bertz CT molecular complexity index is 724. The van der Waals surface area contributed by atoms with Gasteiger partial charge >= 0.3 is 6.03 Å². The Morgan fingerprint density at radius 2 is 2.08 bits per heavy atom. The third-order valence-corrected chi connectivity index (χ3v) is 4.38. The van der Waals surface area contributed by atoms with Crippen molar-refractivity contribution in [1.29, 1.82) is 0 Å². The van der Waals surface area contributed by atoms with E-state index in [2.05, 4.69) is 35.0 Å². The van der Waals surface area contributed by atoms with Crippen LogP contribution in [0.5, 0.6) is 0 Å². The molecule has 0 aliphatic carbocycles. The summed E-state index contributed by atoms with van der Waals surface area (Å²) >= 11 is 0. The van der Waals surface area contributed by atoms with Crippen molar-refractivity contribution in [3.8, 4) is 11.1 Å². The van der Waals surface area contributed by atoms with Crippen LogP contribution in [0.3, 0.4) is 0 Å². The van der Waals surface area contributed by atoms with Gasteiger partial charge in [0.15, 0.2) is 0 Å². The average Bonchev–Trinajstić information content (AvgIpc) is 3.01. The van der Waals surface area contributed by atoms with Crippen LogP contribution in [-0.2, 0) is 0 Å². The van der Waals surface area contributed by atoms with E-state index >= 15 is 0 Å². The van der Waals surface area contributed by atoms with Crippen molar-refractivity contribution < 1.29 is 9.90 Å². The quantitative estimate of drug-likeness (QED) is 0.698. The van der Waals surface area contributed by atoms with Gasteiger partial charge in [0.25, 0.3) is 0 Å². The second-order valence-corrected chi connectivity index (χ2v) is 6.35. The number of amides is 2. The summed E-state index contributed by atoms with van der Waals surface area (Å²) in [4.78, 5) is 12.1. The molecule has 0 aromatic heterocycles. The molecule has 1 saturated heterocycles. The van der Waals surface area contributed by atoms with E-state index in [4.69, 9.17) is 0 Å². The maximum Gasteiger partial charge on any atom is 0.319 e. The maximum absolute atomic E-state index is 12.1. The lowest BCUT2D eigenvalue weighted by Crippen LogP contribution is -2.45. The standard InChI is InChI=1S/C19H23N3O2/c1-14-5-2-3-8-17(14)15-6-4-7-16(11-15)22-18(23)21-13-19(24)9-10-20-12-19/h2-8,11,20,24H,9-10,12-13H2,1H3,(H2,21,22,23). The lowest BCUT2D eigenvalue weighted by molar-refractivity contribution is 0.0640. The predicted octanol–water partition coefficient (Wildman–Crippen LogP) is 2.51. The molecule has 5 heteroatoms. The highest BCUT2D eigenvalue weighted by Crippen LogP contribution is 2.25. The number of anilines is 1. The van der Waals surface area contributed by atoms with Crippen LogP contribution in [0, 0.1) is 6.92 Å². The minimum absolute atomic E-state index is 0.239. The second kappa shape index (κ2) is 7.03. The van der Waals surface area contributed by atoms with Crippen molar-refractivity contribution in [1.82, 2.24) is 10.6 Å². The van der Waals surface area contributed by atoms with E-state index in [1.807, 2.05) is 36.4 Å². The lowest BCUT2D eigenvalue weighted by Gasteiger charge is -2.21. The molecular formula is C19H23N3O2. The average molecular weight is 325 g/mol. The summed E-state index contributed by atoms with van der Waals surface area (Å²) in [6.45, 7) is 3.59. The van der Waals surface area contributed by atoms with Gasteiger partial charge in [0.1, 0.15) is 0 Å². The zero-order valence-corrected chi connectivity index (χ0v) is 13.8. The monoisotopic (exact) mass is 325 g/mol. The number of benzene rings is 2. The van der Waals surface area contributed by atoms with Gasteiger partial charge in [0.2, 0.25) is 0 Å². The number of carbonyl (C=O) groups is 1. The van der Waals surface area contributed by atoms with Crippen LogP contribution >= 0.6 is 0 Å². The van der Waals surface area contributed by atoms with Gasteiger partial charge in [-0.3, -0.25) is 0 Å². The largest absolute Gasteiger partial charge is 0.387 e. The fourth-order valence-corrected chi connectivity index (χ4v) is 2.96. The molecule has 2 amide bonds. The highest BCUT2D eigenvalue weighted by molar-refractivity contribution is 5.90. The van der Waals surface area contributed by atoms with Gasteiger partial charge in [-0.2, -0.15) is 0 Å². The molecule has 126 valence electrons. The molecule has 2 aromatic carbocycles. The second-order valence-electron chi connectivity index (χ2n) is 6.35. The third kappa shape index (κ3) is 3.93. The lowest BCUT2D eigenvalue weighted by atomic mass is 10.0. The summed E-state index contributed by atoms with van der Waals surface area (Å²) < 4.78 is 0. The molecule has 1 fully saturated rings.